The number of esters is 1. The fraction of sp³-hybridized carbons (Fsp3) is 0.200. The van der Waals surface area contributed by atoms with E-state index in [0.717, 1.165) is 18.2 Å². The predicted molar refractivity (Wildman–Crippen MR) is 114 cm³/mol. The lowest BCUT2D eigenvalue weighted by Gasteiger charge is -2.14. The molecule has 3 N–H and O–H groups in total. The molecule has 2 aliphatic heterocycles. The van der Waals surface area contributed by atoms with Crippen LogP contribution in [0.15, 0.2) is 46.9 Å². The molecule has 4 rings (SSSR count). The van der Waals surface area contributed by atoms with Gasteiger partial charge in [0.05, 0.1) is 18.1 Å². The van der Waals surface area contributed by atoms with E-state index < -0.39 is 35.2 Å². The van der Waals surface area contributed by atoms with Gasteiger partial charge in [0.25, 0.3) is 10.0 Å². The number of halogens is 3. The molecule has 1 fully saturated rings. The highest BCUT2D eigenvalue weighted by atomic mass is 32.2. The van der Waals surface area contributed by atoms with Gasteiger partial charge in [-0.05, 0) is 53.0 Å². The second-order valence-corrected chi connectivity index (χ2v) is 9.09. The van der Waals surface area contributed by atoms with Crippen LogP contribution in [-0.4, -0.2) is 45.2 Å². The van der Waals surface area contributed by atoms with Crippen molar-refractivity contribution in [3.05, 3.63) is 53.1 Å². The summed E-state index contributed by atoms with van der Waals surface area (Å²) < 4.78 is 76.4. The zero-order valence-corrected chi connectivity index (χ0v) is 18.0. The Bertz CT molecular complexity index is 1310. The molecule has 0 aliphatic carbocycles. The molecule has 2 aromatic rings. The Labute approximate surface area is 191 Å². The van der Waals surface area contributed by atoms with Crippen molar-refractivity contribution in [3.63, 3.8) is 0 Å². The monoisotopic (exact) mass is 496 g/mol. The van der Waals surface area contributed by atoms with Crippen molar-refractivity contribution >= 4 is 51.9 Å². The van der Waals surface area contributed by atoms with Gasteiger partial charge in [-0.25, -0.2) is 13.2 Å². The molecule has 1 amide bonds. The number of amides is 1. The van der Waals surface area contributed by atoms with Crippen LogP contribution in [0.25, 0.3) is 6.08 Å². The van der Waals surface area contributed by atoms with Crippen molar-refractivity contribution < 1.29 is 45.6 Å². The minimum Gasteiger partial charge on any atom is -0.462 e. The van der Waals surface area contributed by atoms with Crippen molar-refractivity contribution in [1.82, 2.24) is 0 Å². The molecule has 0 spiro atoms. The molecule has 0 bridgehead atoms. The first-order valence-corrected chi connectivity index (χ1v) is 11.3. The zero-order chi connectivity index (χ0) is 24.7. The maximum absolute atomic E-state index is 13.1. The topological polar surface area (TPSA) is 131 Å². The molecule has 2 aromatic carbocycles. The van der Waals surface area contributed by atoms with Crippen LogP contribution >= 0.6 is 0 Å². The summed E-state index contributed by atoms with van der Waals surface area (Å²) in [5, 5.41) is 11.5. The smallest absolute Gasteiger partial charge is 0.462 e. The minimum atomic E-state index is -5.15. The lowest BCUT2D eigenvalue weighted by Crippen LogP contribution is -2.30. The van der Waals surface area contributed by atoms with Crippen LogP contribution in [0.3, 0.4) is 0 Å². The van der Waals surface area contributed by atoms with Crippen LogP contribution in [0.2, 0.25) is 0 Å². The predicted octanol–water partition coefficient (Wildman–Crippen LogP) is 1.54. The summed E-state index contributed by atoms with van der Waals surface area (Å²) >= 11 is 0. The maximum atomic E-state index is 13.1. The van der Waals surface area contributed by atoms with E-state index in [-0.39, 0.29) is 47.0 Å². The molecule has 9 nitrogen and oxygen atoms in total. The van der Waals surface area contributed by atoms with Crippen molar-refractivity contribution in [2.45, 2.75) is 24.1 Å². The largest absolute Gasteiger partial charge is 0.491 e. The number of alkyl halides is 3. The van der Waals surface area contributed by atoms with Crippen LogP contribution in [0.4, 0.5) is 24.5 Å². The highest BCUT2D eigenvalue weighted by Crippen LogP contribution is 2.28. The van der Waals surface area contributed by atoms with Crippen LogP contribution in [0.1, 0.15) is 17.5 Å². The van der Waals surface area contributed by atoms with Crippen LogP contribution in [0, 0.1) is 0 Å². The number of rotatable bonds is 5. The summed E-state index contributed by atoms with van der Waals surface area (Å²) in [5.74, 6) is -2.92. The summed E-state index contributed by atoms with van der Waals surface area (Å²) in [7, 11) is -5.52. The molecule has 0 aromatic heterocycles. The normalized spacial score (nSPS) is 17.0. The van der Waals surface area contributed by atoms with Gasteiger partial charge in [-0.3, -0.25) is 9.52 Å². The highest BCUT2D eigenvalue weighted by molar-refractivity contribution is 7.92. The van der Waals surface area contributed by atoms with Gasteiger partial charge in [0.15, 0.2) is 0 Å². The van der Waals surface area contributed by atoms with E-state index in [4.69, 9.17) is 9.39 Å². The summed E-state index contributed by atoms with van der Waals surface area (Å²) in [6, 6.07) is 7.45. The average molecular weight is 496 g/mol. The number of hydrogen-bond donors (Lipinski definition) is 3. The Hall–Kier alpha value is -3.36. The van der Waals surface area contributed by atoms with E-state index in [2.05, 4.69) is 4.72 Å². The van der Waals surface area contributed by atoms with E-state index in [0.29, 0.717) is 11.0 Å². The Balaban J connectivity index is 1.71. The van der Waals surface area contributed by atoms with Gasteiger partial charge in [-0.1, -0.05) is 6.07 Å². The van der Waals surface area contributed by atoms with Crippen LogP contribution in [-0.2, 0) is 35.6 Å². The third-order valence-electron chi connectivity index (χ3n) is 5.07. The summed E-state index contributed by atoms with van der Waals surface area (Å²) in [4.78, 5) is 22.8. The fourth-order valence-corrected chi connectivity index (χ4v) is 4.66. The Kier molecular flexibility index (Phi) is 6.14. The summed E-state index contributed by atoms with van der Waals surface area (Å²) in [6.45, 7) is 0.248. The third-order valence-corrected chi connectivity index (χ3v) is 6.53. The van der Waals surface area contributed by atoms with Gasteiger partial charge in [0.2, 0.25) is 0 Å². The number of carbonyl (C=O) groups excluding carboxylic acids is 2. The average Bonchev–Trinajstić information content (AvgIpc) is 3.32. The molecular weight excluding hydrogens is 480 g/mol. The maximum Gasteiger partial charge on any atom is 0.491 e. The van der Waals surface area contributed by atoms with E-state index in [1.807, 2.05) is 0 Å². The first kappa shape index (κ1) is 23.8. The lowest BCUT2D eigenvalue weighted by atomic mass is 9.79. The standard InChI is InChI=1S/C20H16BF3N2O7S/c22-20(23,24)19(28)25-14-3-4-17(13(8-14)7-11-5-6-32-18(11)27)34(30,31)26-15-2-1-12-10-33-21(29)16(12)9-15/h1-4,7-9,26,29H,5-6,10H2,(H,25,28)/b11-7-. The summed E-state index contributed by atoms with van der Waals surface area (Å²) in [6.07, 6.45) is -3.79. The second kappa shape index (κ2) is 8.78. The molecule has 0 atom stereocenters. The first-order valence-electron chi connectivity index (χ1n) is 9.79. The highest BCUT2D eigenvalue weighted by Gasteiger charge is 2.39. The van der Waals surface area contributed by atoms with Crippen molar-refractivity contribution in [2.24, 2.45) is 0 Å². The van der Waals surface area contributed by atoms with Gasteiger partial charge >= 0.3 is 25.2 Å². The third kappa shape index (κ3) is 4.93. The number of anilines is 2. The molecule has 178 valence electrons. The van der Waals surface area contributed by atoms with Gasteiger partial charge in [0.1, 0.15) is 0 Å². The Morgan fingerprint density at radius 2 is 1.88 bits per heavy atom. The fourth-order valence-electron chi connectivity index (χ4n) is 3.44. The van der Waals surface area contributed by atoms with Gasteiger partial charge in [0, 0.05) is 23.4 Å². The van der Waals surface area contributed by atoms with Crippen LogP contribution in [0.5, 0.6) is 0 Å². The molecule has 0 saturated carbocycles. The van der Waals surface area contributed by atoms with E-state index >= 15 is 0 Å². The van der Waals surface area contributed by atoms with Crippen LogP contribution < -0.4 is 15.5 Å². The number of benzene rings is 2. The Morgan fingerprint density at radius 1 is 1.15 bits per heavy atom. The molecule has 2 aliphatic rings. The molecule has 0 radical (unpaired) electrons. The zero-order valence-electron chi connectivity index (χ0n) is 17.2. The van der Waals surface area contributed by atoms with E-state index in [1.54, 1.807) is 11.4 Å². The van der Waals surface area contributed by atoms with Gasteiger partial charge in [-0.2, -0.15) is 13.2 Å². The molecule has 0 unspecified atom stereocenters. The van der Waals surface area contributed by atoms with E-state index in [1.165, 1.54) is 18.2 Å². The number of ether oxygens (including phenoxy) is 1. The van der Waals surface area contributed by atoms with Crippen molar-refractivity contribution in [3.8, 4) is 0 Å². The molecule has 2 heterocycles. The number of nitrogens with one attached hydrogen (secondary N) is 2. The number of sulfonamides is 1. The van der Waals surface area contributed by atoms with Gasteiger partial charge in [-0.15, -0.1) is 0 Å². The van der Waals surface area contributed by atoms with Crippen molar-refractivity contribution in [2.75, 3.05) is 16.6 Å². The number of carbonyl (C=O) groups is 2. The number of cyclic esters (lactones) is 1. The minimum absolute atomic E-state index is 0.0784. The lowest BCUT2D eigenvalue weighted by molar-refractivity contribution is -0.167. The molecule has 1 saturated heterocycles. The van der Waals surface area contributed by atoms with Crippen molar-refractivity contribution in [1.29, 1.82) is 0 Å². The molecule has 34 heavy (non-hydrogen) atoms. The van der Waals surface area contributed by atoms with E-state index in [9.17, 15) is 36.2 Å². The summed E-state index contributed by atoms with van der Waals surface area (Å²) in [5.41, 5.74) is 0.847. The quantitative estimate of drug-likeness (QED) is 0.325. The number of fused-ring (bicyclic) bond motifs is 1. The molecular formula is C20H16BF3N2O7S. The van der Waals surface area contributed by atoms with Gasteiger partial charge < -0.3 is 19.7 Å². The number of hydrogen-bond acceptors (Lipinski definition) is 7. The second-order valence-electron chi connectivity index (χ2n) is 7.44. The molecule has 14 heteroatoms. The first-order chi connectivity index (χ1) is 15.9. The Morgan fingerprint density at radius 3 is 2.56 bits per heavy atom. The SMILES string of the molecule is O=C1OCC/C1=C/c1cc(NC(=O)C(F)(F)F)ccc1S(=O)(=O)Nc1ccc2c(c1)B(O)OC2.